The van der Waals surface area contributed by atoms with Crippen molar-refractivity contribution in [3.05, 3.63) is 48.0 Å². The molecule has 0 radical (unpaired) electrons. The fourth-order valence-corrected chi connectivity index (χ4v) is 1.73. The largest absolute Gasteiger partial charge is 0.462 e. The summed E-state index contributed by atoms with van der Waals surface area (Å²) in [4.78, 5) is 30.4. The van der Waals surface area contributed by atoms with Gasteiger partial charge in [-0.3, -0.25) is 4.79 Å². The van der Waals surface area contributed by atoms with Crippen LogP contribution in [0.4, 0.5) is 5.69 Å². The Morgan fingerprint density at radius 2 is 2.15 bits per heavy atom. The van der Waals surface area contributed by atoms with Crippen molar-refractivity contribution in [2.75, 3.05) is 11.9 Å². The minimum absolute atomic E-state index is 0.164. The first-order valence-corrected chi connectivity index (χ1v) is 6.24. The van der Waals surface area contributed by atoms with Crippen LogP contribution in [0, 0.1) is 0 Å². The van der Waals surface area contributed by atoms with Crippen molar-refractivity contribution in [1.29, 1.82) is 0 Å². The fourth-order valence-electron chi connectivity index (χ4n) is 1.73. The summed E-state index contributed by atoms with van der Waals surface area (Å²) in [5, 5.41) is 2.70. The van der Waals surface area contributed by atoms with E-state index in [9.17, 15) is 9.59 Å². The number of aromatic amines is 1. The molecule has 1 heterocycles. The van der Waals surface area contributed by atoms with E-state index in [-0.39, 0.29) is 18.9 Å². The number of H-pyrrole nitrogens is 1. The summed E-state index contributed by atoms with van der Waals surface area (Å²) >= 11 is 0. The van der Waals surface area contributed by atoms with E-state index in [1.165, 1.54) is 6.33 Å². The summed E-state index contributed by atoms with van der Waals surface area (Å²) in [7, 11) is 0. The molecule has 0 bridgehead atoms. The van der Waals surface area contributed by atoms with Crippen molar-refractivity contribution >= 4 is 17.6 Å². The minimum Gasteiger partial charge on any atom is -0.462 e. The lowest BCUT2D eigenvalue weighted by Crippen LogP contribution is -2.17. The zero-order chi connectivity index (χ0) is 14.4. The van der Waals surface area contributed by atoms with Crippen LogP contribution >= 0.6 is 0 Å². The van der Waals surface area contributed by atoms with Crippen molar-refractivity contribution in [1.82, 2.24) is 9.97 Å². The van der Waals surface area contributed by atoms with E-state index in [0.717, 1.165) is 0 Å². The Labute approximate surface area is 116 Å². The van der Waals surface area contributed by atoms with Gasteiger partial charge in [0.15, 0.2) is 0 Å². The molecule has 2 aromatic rings. The van der Waals surface area contributed by atoms with E-state index in [1.807, 2.05) is 0 Å². The first-order chi connectivity index (χ1) is 9.70. The first-order valence-electron chi connectivity index (χ1n) is 6.24. The number of para-hydroxylation sites is 1. The molecule has 104 valence electrons. The van der Waals surface area contributed by atoms with E-state index in [4.69, 9.17) is 4.74 Å². The molecule has 0 aliphatic rings. The van der Waals surface area contributed by atoms with Gasteiger partial charge in [0.2, 0.25) is 5.91 Å². The maximum Gasteiger partial charge on any atom is 0.340 e. The molecule has 0 aliphatic carbocycles. The van der Waals surface area contributed by atoms with Crippen LogP contribution in [-0.2, 0) is 16.0 Å². The third-order valence-electron chi connectivity index (χ3n) is 2.60. The van der Waals surface area contributed by atoms with Gasteiger partial charge in [0, 0.05) is 11.9 Å². The Bertz CT molecular complexity index is 593. The lowest BCUT2D eigenvalue weighted by Gasteiger charge is -2.09. The van der Waals surface area contributed by atoms with E-state index >= 15 is 0 Å². The molecule has 0 aliphatic heterocycles. The number of ether oxygens (including phenoxy) is 1. The number of rotatable bonds is 5. The molecule has 0 unspecified atom stereocenters. The van der Waals surface area contributed by atoms with Crippen molar-refractivity contribution in [2.45, 2.75) is 13.3 Å². The summed E-state index contributed by atoms with van der Waals surface area (Å²) in [6, 6.07) is 6.74. The van der Waals surface area contributed by atoms with E-state index in [1.54, 1.807) is 37.4 Å². The molecule has 20 heavy (non-hydrogen) atoms. The Kier molecular flexibility index (Phi) is 4.49. The lowest BCUT2D eigenvalue weighted by atomic mass is 10.1. The van der Waals surface area contributed by atoms with Crippen LogP contribution in [0.1, 0.15) is 23.0 Å². The molecule has 6 heteroatoms. The van der Waals surface area contributed by atoms with Crippen molar-refractivity contribution in [3.8, 4) is 0 Å². The minimum atomic E-state index is -0.454. The highest BCUT2D eigenvalue weighted by atomic mass is 16.5. The Balaban J connectivity index is 2.09. The summed E-state index contributed by atoms with van der Waals surface area (Å²) < 4.78 is 4.95. The Hall–Kier alpha value is -2.63. The second-order valence-corrected chi connectivity index (χ2v) is 4.07. The summed E-state index contributed by atoms with van der Waals surface area (Å²) in [5.41, 5.74) is 1.49. The number of hydrogen-bond donors (Lipinski definition) is 2. The van der Waals surface area contributed by atoms with Crippen LogP contribution in [-0.4, -0.2) is 28.5 Å². The molecule has 2 rings (SSSR count). The van der Waals surface area contributed by atoms with Gasteiger partial charge in [-0.2, -0.15) is 0 Å². The summed E-state index contributed by atoms with van der Waals surface area (Å²) in [5.74, 6) is -0.684. The maximum absolute atomic E-state index is 11.9. The van der Waals surface area contributed by atoms with Crippen LogP contribution < -0.4 is 5.32 Å². The lowest BCUT2D eigenvalue weighted by molar-refractivity contribution is -0.115. The topological polar surface area (TPSA) is 84.1 Å². The average Bonchev–Trinajstić information content (AvgIpc) is 2.92. The fraction of sp³-hybridized carbons (Fsp3) is 0.214. The second kappa shape index (κ2) is 6.51. The molecule has 0 atom stereocenters. The van der Waals surface area contributed by atoms with Gasteiger partial charge in [0.05, 0.1) is 30.6 Å². The van der Waals surface area contributed by atoms with Gasteiger partial charge in [-0.15, -0.1) is 0 Å². The van der Waals surface area contributed by atoms with Crippen molar-refractivity contribution in [3.63, 3.8) is 0 Å². The van der Waals surface area contributed by atoms with E-state index < -0.39 is 5.97 Å². The van der Waals surface area contributed by atoms with Gasteiger partial charge in [0.25, 0.3) is 0 Å². The number of anilines is 1. The number of aromatic nitrogens is 2. The van der Waals surface area contributed by atoms with Gasteiger partial charge in [-0.1, -0.05) is 12.1 Å². The normalized spacial score (nSPS) is 10.1. The number of hydrogen-bond acceptors (Lipinski definition) is 4. The third kappa shape index (κ3) is 3.44. The first kappa shape index (κ1) is 13.8. The number of carbonyl (C=O) groups is 2. The average molecular weight is 273 g/mol. The van der Waals surface area contributed by atoms with Gasteiger partial charge in [-0.05, 0) is 19.1 Å². The SMILES string of the molecule is CCOC(=O)c1ccccc1NC(=O)Cc1cnc[nH]1. The number of benzene rings is 1. The third-order valence-corrected chi connectivity index (χ3v) is 2.60. The Morgan fingerprint density at radius 1 is 1.35 bits per heavy atom. The molecule has 0 spiro atoms. The molecular weight excluding hydrogens is 258 g/mol. The molecule has 2 N–H and O–H groups in total. The zero-order valence-electron chi connectivity index (χ0n) is 11.1. The van der Waals surface area contributed by atoms with Gasteiger partial charge in [-0.25, -0.2) is 9.78 Å². The standard InChI is InChI=1S/C14H15N3O3/c1-2-20-14(19)11-5-3-4-6-12(11)17-13(18)7-10-8-15-9-16-10/h3-6,8-9H,2,7H2,1H3,(H,15,16)(H,17,18). The predicted octanol–water partition coefficient (Wildman–Crippen LogP) is 1.77. The Morgan fingerprint density at radius 3 is 2.85 bits per heavy atom. The number of nitrogens with zero attached hydrogens (tertiary/aromatic N) is 1. The van der Waals surface area contributed by atoms with Gasteiger partial charge >= 0.3 is 5.97 Å². The van der Waals surface area contributed by atoms with Crippen LogP contribution in [0.5, 0.6) is 0 Å². The van der Waals surface area contributed by atoms with Crippen LogP contribution in [0.15, 0.2) is 36.8 Å². The summed E-state index contributed by atoms with van der Waals surface area (Å²) in [6.07, 6.45) is 3.25. The quantitative estimate of drug-likeness (QED) is 0.813. The monoisotopic (exact) mass is 273 g/mol. The summed E-state index contributed by atoms with van der Waals surface area (Å²) in [6.45, 7) is 2.02. The molecule has 0 saturated heterocycles. The molecule has 1 aromatic carbocycles. The molecule has 1 amide bonds. The molecule has 1 aromatic heterocycles. The van der Waals surface area contributed by atoms with E-state index in [2.05, 4.69) is 15.3 Å². The highest BCUT2D eigenvalue weighted by Crippen LogP contribution is 2.16. The van der Waals surface area contributed by atoms with E-state index in [0.29, 0.717) is 16.9 Å². The number of amides is 1. The number of esters is 1. The van der Waals surface area contributed by atoms with Crippen LogP contribution in [0.2, 0.25) is 0 Å². The van der Waals surface area contributed by atoms with Crippen LogP contribution in [0.3, 0.4) is 0 Å². The number of imidazole rings is 1. The molecular formula is C14H15N3O3. The van der Waals surface area contributed by atoms with Crippen LogP contribution in [0.25, 0.3) is 0 Å². The van der Waals surface area contributed by atoms with Gasteiger partial charge in [0.1, 0.15) is 0 Å². The van der Waals surface area contributed by atoms with Crippen molar-refractivity contribution in [2.24, 2.45) is 0 Å². The van der Waals surface area contributed by atoms with Gasteiger partial charge < -0.3 is 15.0 Å². The van der Waals surface area contributed by atoms with Crippen molar-refractivity contribution < 1.29 is 14.3 Å². The molecule has 0 saturated carbocycles. The highest BCUT2D eigenvalue weighted by Gasteiger charge is 2.14. The predicted molar refractivity (Wildman–Crippen MR) is 73.3 cm³/mol. The maximum atomic E-state index is 11.9. The number of carbonyl (C=O) groups excluding carboxylic acids is 2. The molecule has 6 nitrogen and oxygen atoms in total. The smallest absolute Gasteiger partial charge is 0.340 e. The highest BCUT2D eigenvalue weighted by molar-refractivity contribution is 6.01. The zero-order valence-corrected chi connectivity index (χ0v) is 11.1. The number of nitrogens with one attached hydrogen (secondary N) is 2. The second-order valence-electron chi connectivity index (χ2n) is 4.07. The molecule has 0 fully saturated rings.